The summed E-state index contributed by atoms with van der Waals surface area (Å²) in [6, 6.07) is 1.06. The highest BCUT2D eigenvalue weighted by molar-refractivity contribution is 5.88. The second kappa shape index (κ2) is 5.44. The lowest BCUT2D eigenvalue weighted by Crippen LogP contribution is -2.40. The molecule has 7 nitrogen and oxygen atoms in total. The van der Waals surface area contributed by atoms with Gasteiger partial charge in [0.2, 0.25) is 5.95 Å². The summed E-state index contributed by atoms with van der Waals surface area (Å²) in [6.07, 6.45) is 4.57. The van der Waals surface area contributed by atoms with Crippen LogP contribution in [0, 0.1) is 0 Å². The molecule has 1 aromatic rings. The Morgan fingerprint density at radius 1 is 1.44 bits per heavy atom. The van der Waals surface area contributed by atoms with E-state index in [9.17, 15) is 9.59 Å². The van der Waals surface area contributed by atoms with Crippen LogP contribution < -0.4 is 5.32 Å². The Kier molecular flexibility index (Phi) is 3.71. The second-order valence-electron chi connectivity index (χ2n) is 4.09. The Morgan fingerprint density at radius 2 is 2.17 bits per heavy atom. The number of hydrogen-bond acceptors (Lipinski definition) is 4. The minimum absolute atomic E-state index is 0.0247. The third-order valence-corrected chi connectivity index (χ3v) is 2.83. The number of aromatic nitrogens is 2. The highest BCUT2D eigenvalue weighted by Crippen LogP contribution is 2.20. The van der Waals surface area contributed by atoms with Crippen molar-refractivity contribution in [2.75, 3.05) is 11.9 Å². The van der Waals surface area contributed by atoms with Crippen LogP contribution in [-0.4, -0.2) is 44.6 Å². The van der Waals surface area contributed by atoms with Gasteiger partial charge in [-0.2, -0.15) is 0 Å². The van der Waals surface area contributed by atoms with Gasteiger partial charge in [0, 0.05) is 25.0 Å². The fourth-order valence-electron chi connectivity index (χ4n) is 2.05. The fourth-order valence-corrected chi connectivity index (χ4v) is 2.05. The second-order valence-corrected chi connectivity index (χ2v) is 4.09. The maximum absolute atomic E-state index is 11.9. The van der Waals surface area contributed by atoms with E-state index in [4.69, 9.17) is 5.11 Å². The van der Waals surface area contributed by atoms with Gasteiger partial charge in [-0.05, 0) is 18.9 Å². The Balaban J connectivity index is 1.98. The summed E-state index contributed by atoms with van der Waals surface area (Å²) < 4.78 is 0. The molecule has 7 heteroatoms. The van der Waals surface area contributed by atoms with Gasteiger partial charge in [-0.1, -0.05) is 0 Å². The van der Waals surface area contributed by atoms with Crippen LogP contribution in [0.2, 0.25) is 0 Å². The predicted octanol–water partition coefficient (Wildman–Crippen LogP) is 0.948. The van der Waals surface area contributed by atoms with Gasteiger partial charge in [-0.25, -0.2) is 14.8 Å². The molecule has 2 rings (SSSR count). The van der Waals surface area contributed by atoms with Gasteiger partial charge in [0.1, 0.15) is 0 Å². The molecule has 1 fully saturated rings. The van der Waals surface area contributed by atoms with Gasteiger partial charge >= 0.3 is 12.0 Å². The largest absolute Gasteiger partial charge is 0.481 e. The molecule has 1 atom stereocenters. The van der Waals surface area contributed by atoms with Crippen LogP contribution >= 0.6 is 0 Å². The average molecular weight is 250 g/mol. The summed E-state index contributed by atoms with van der Waals surface area (Å²) in [6.45, 7) is 0.566. The van der Waals surface area contributed by atoms with Crippen LogP contribution in [0.15, 0.2) is 18.5 Å². The van der Waals surface area contributed by atoms with Crippen molar-refractivity contribution in [3.63, 3.8) is 0 Å². The van der Waals surface area contributed by atoms with Gasteiger partial charge in [-0.15, -0.1) is 0 Å². The van der Waals surface area contributed by atoms with Crippen LogP contribution in [0.4, 0.5) is 10.7 Å². The number of rotatable bonds is 3. The van der Waals surface area contributed by atoms with Crippen molar-refractivity contribution >= 4 is 17.9 Å². The zero-order chi connectivity index (χ0) is 13.0. The molecule has 0 spiro atoms. The number of nitrogens with zero attached hydrogens (tertiary/aromatic N) is 3. The Bertz CT molecular complexity index is 437. The lowest BCUT2D eigenvalue weighted by molar-refractivity contribution is -0.137. The molecule has 0 aliphatic carbocycles. The molecule has 0 bridgehead atoms. The van der Waals surface area contributed by atoms with Crippen LogP contribution in [-0.2, 0) is 4.79 Å². The van der Waals surface area contributed by atoms with Gasteiger partial charge < -0.3 is 10.0 Å². The SMILES string of the molecule is O=C(O)CC1CCCN1C(=O)Nc1ncccn1. The van der Waals surface area contributed by atoms with Crippen molar-refractivity contribution in [1.29, 1.82) is 0 Å². The van der Waals surface area contributed by atoms with E-state index in [-0.39, 0.29) is 24.4 Å². The molecule has 0 radical (unpaired) electrons. The third-order valence-electron chi connectivity index (χ3n) is 2.83. The molecule has 1 aliphatic heterocycles. The Hall–Kier alpha value is -2.18. The number of carbonyl (C=O) groups excluding carboxylic acids is 1. The number of aliphatic carboxylic acids is 1. The highest BCUT2D eigenvalue weighted by Gasteiger charge is 2.30. The van der Waals surface area contributed by atoms with E-state index in [2.05, 4.69) is 15.3 Å². The van der Waals surface area contributed by atoms with Crippen LogP contribution in [0.1, 0.15) is 19.3 Å². The maximum atomic E-state index is 11.9. The molecule has 96 valence electrons. The summed E-state index contributed by atoms with van der Waals surface area (Å²) in [5, 5.41) is 11.3. The molecule has 1 aliphatic rings. The molecule has 18 heavy (non-hydrogen) atoms. The molecule has 0 aromatic carbocycles. The first-order chi connectivity index (χ1) is 8.66. The molecular weight excluding hydrogens is 236 g/mol. The van der Waals surface area contributed by atoms with Crippen molar-refractivity contribution in [2.24, 2.45) is 0 Å². The van der Waals surface area contributed by atoms with Gasteiger partial charge in [-0.3, -0.25) is 10.1 Å². The van der Waals surface area contributed by atoms with Crippen molar-refractivity contribution in [3.05, 3.63) is 18.5 Å². The first kappa shape index (κ1) is 12.3. The third kappa shape index (κ3) is 2.93. The molecule has 2 heterocycles. The Morgan fingerprint density at radius 3 is 2.83 bits per heavy atom. The number of urea groups is 1. The predicted molar refractivity (Wildman–Crippen MR) is 63.0 cm³/mol. The number of carboxylic acid groups (broad SMARTS) is 1. The number of nitrogens with one attached hydrogen (secondary N) is 1. The first-order valence-corrected chi connectivity index (χ1v) is 5.73. The molecule has 1 unspecified atom stereocenters. The molecular formula is C11H14N4O3. The molecule has 1 aromatic heterocycles. The van der Waals surface area contributed by atoms with E-state index >= 15 is 0 Å². The van der Waals surface area contributed by atoms with E-state index in [1.165, 1.54) is 17.3 Å². The van der Waals surface area contributed by atoms with E-state index in [1.807, 2.05) is 0 Å². The Labute approximate surface area is 104 Å². The van der Waals surface area contributed by atoms with Crippen LogP contribution in [0.3, 0.4) is 0 Å². The quantitative estimate of drug-likeness (QED) is 0.832. The van der Waals surface area contributed by atoms with Crippen molar-refractivity contribution < 1.29 is 14.7 Å². The van der Waals surface area contributed by atoms with E-state index in [0.717, 1.165) is 12.8 Å². The van der Waals surface area contributed by atoms with Crippen LogP contribution in [0.25, 0.3) is 0 Å². The fraction of sp³-hybridized carbons (Fsp3) is 0.455. The monoisotopic (exact) mass is 250 g/mol. The standard InChI is InChI=1S/C11H14N4O3/c16-9(17)7-8-3-1-6-15(8)11(18)14-10-12-4-2-5-13-10/h2,4-5,8H,1,3,6-7H2,(H,16,17)(H,12,13,14,18). The zero-order valence-corrected chi connectivity index (χ0v) is 9.74. The smallest absolute Gasteiger partial charge is 0.324 e. The zero-order valence-electron chi connectivity index (χ0n) is 9.74. The molecule has 1 saturated heterocycles. The minimum atomic E-state index is -0.893. The van der Waals surface area contributed by atoms with Crippen molar-refractivity contribution in [3.8, 4) is 0 Å². The lowest BCUT2D eigenvalue weighted by atomic mass is 10.1. The van der Waals surface area contributed by atoms with E-state index in [1.54, 1.807) is 6.07 Å². The number of likely N-dealkylation sites (tertiary alicyclic amines) is 1. The minimum Gasteiger partial charge on any atom is -0.481 e. The number of anilines is 1. The number of hydrogen-bond donors (Lipinski definition) is 2. The van der Waals surface area contributed by atoms with Crippen molar-refractivity contribution in [2.45, 2.75) is 25.3 Å². The average Bonchev–Trinajstić information content (AvgIpc) is 2.77. The van der Waals surface area contributed by atoms with Crippen LogP contribution in [0.5, 0.6) is 0 Å². The molecule has 2 amide bonds. The molecule has 2 N–H and O–H groups in total. The molecule has 0 saturated carbocycles. The van der Waals surface area contributed by atoms with Crippen molar-refractivity contribution in [1.82, 2.24) is 14.9 Å². The van der Waals surface area contributed by atoms with Gasteiger partial charge in [0.15, 0.2) is 0 Å². The summed E-state index contributed by atoms with van der Waals surface area (Å²) in [4.78, 5) is 32.0. The normalized spacial score (nSPS) is 18.7. The highest BCUT2D eigenvalue weighted by atomic mass is 16.4. The van der Waals surface area contributed by atoms with E-state index < -0.39 is 5.97 Å². The summed E-state index contributed by atoms with van der Waals surface area (Å²) in [5.41, 5.74) is 0. The summed E-state index contributed by atoms with van der Waals surface area (Å²) in [7, 11) is 0. The topological polar surface area (TPSA) is 95.4 Å². The first-order valence-electron chi connectivity index (χ1n) is 5.73. The summed E-state index contributed by atoms with van der Waals surface area (Å²) in [5.74, 6) is -0.667. The number of carboxylic acids is 1. The summed E-state index contributed by atoms with van der Waals surface area (Å²) >= 11 is 0. The number of amides is 2. The number of carbonyl (C=O) groups is 2. The van der Waals surface area contributed by atoms with E-state index in [0.29, 0.717) is 6.54 Å². The maximum Gasteiger partial charge on any atom is 0.324 e. The van der Waals surface area contributed by atoms with Gasteiger partial charge in [0.05, 0.1) is 6.42 Å². The van der Waals surface area contributed by atoms with Gasteiger partial charge in [0.25, 0.3) is 0 Å². The lowest BCUT2D eigenvalue weighted by Gasteiger charge is -2.23.